The third-order valence-electron chi connectivity index (χ3n) is 2.21. The molecule has 1 aromatic heterocycles. The molecule has 1 aromatic carbocycles. The van der Waals surface area contributed by atoms with Crippen molar-refractivity contribution in [2.24, 2.45) is 0 Å². The second-order valence-corrected chi connectivity index (χ2v) is 4.21. The molecular formula is C12H10FNOS. The van der Waals surface area contributed by atoms with Gasteiger partial charge in [-0.15, -0.1) is 0 Å². The van der Waals surface area contributed by atoms with Crippen molar-refractivity contribution in [2.75, 3.05) is 5.32 Å². The molecule has 0 saturated heterocycles. The summed E-state index contributed by atoms with van der Waals surface area (Å²) in [5.74, 6) is -0.657. The van der Waals surface area contributed by atoms with Crippen LogP contribution in [0.1, 0.15) is 15.9 Å². The minimum atomic E-state index is -0.363. The first-order valence-corrected chi connectivity index (χ1v) is 5.71. The van der Waals surface area contributed by atoms with E-state index in [9.17, 15) is 9.18 Å². The first-order chi connectivity index (χ1) is 7.66. The highest BCUT2D eigenvalue weighted by molar-refractivity contribution is 7.08. The molecule has 0 spiro atoms. The molecular weight excluding hydrogens is 225 g/mol. The Bertz CT molecular complexity index is 508. The van der Waals surface area contributed by atoms with Crippen molar-refractivity contribution in [2.45, 2.75) is 6.92 Å². The second kappa shape index (κ2) is 4.45. The number of hydrogen-bond donors (Lipinski definition) is 1. The molecule has 0 radical (unpaired) electrons. The Hall–Kier alpha value is -1.68. The molecule has 1 N–H and O–H groups in total. The van der Waals surface area contributed by atoms with Crippen LogP contribution in [-0.2, 0) is 0 Å². The van der Waals surface area contributed by atoms with Crippen LogP contribution in [0.4, 0.5) is 10.1 Å². The van der Waals surface area contributed by atoms with Crippen LogP contribution in [0.2, 0.25) is 0 Å². The van der Waals surface area contributed by atoms with Crippen molar-refractivity contribution in [3.8, 4) is 0 Å². The van der Waals surface area contributed by atoms with Crippen LogP contribution >= 0.6 is 11.3 Å². The molecule has 2 rings (SSSR count). The highest BCUT2D eigenvalue weighted by Gasteiger charge is 2.08. The quantitative estimate of drug-likeness (QED) is 0.848. The third-order valence-corrected chi connectivity index (χ3v) is 2.90. The number of carbonyl (C=O) groups excluding carboxylic acids is 1. The largest absolute Gasteiger partial charge is 0.321 e. The van der Waals surface area contributed by atoms with E-state index in [1.807, 2.05) is 10.8 Å². The van der Waals surface area contributed by atoms with Gasteiger partial charge in [0.2, 0.25) is 0 Å². The molecule has 0 unspecified atom stereocenters. The van der Waals surface area contributed by atoms with Crippen LogP contribution in [-0.4, -0.2) is 5.91 Å². The van der Waals surface area contributed by atoms with Crippen LogP contribution in [0.3, 0.4) is 0 Å². The van der Waals surface area contributed by atoms with E-state index in [0.717, 1.165) is 5.69 Å². The number of rotatable bonds is 2. The number of halogens is 1. The summed E-state index contributed by atoms with van der Waals surface area (Å²) in [5, 5.41) is 6.38. The fourth-order valence-electron chi connectivity index (χ4n) is 1.27. The number of carbonyl (C=O) groups is 1. The molecule has 2 aromatic rings. The van der Waals surface area contributed by atoms with Crippen molar-refractivity contribution >= 4 is 22.9 Å². The van der Waals surface area contributed by atoms with Crippen LogP contribution in [0, 0.1) is 12.7 Å². The number of benzene rings is 1. The molecule has 1 amide bonds. The zero-order chi connectivity index (χ0) is 11.5. The number of anilines is 1. The molecule has 82 valence electrons. The summed E-state index contributed by atoms with van der Waals surface area (Å²) in [6.45, 7) is 1.66. The van der Waals surface area contributed by atoms with Gasteiger partial charge in [0, 0.05) is 10.9 Å². The van der Waals surface area contributed by atoms with Crippen LogP contribution < -0.4 is 5.32 Å². The fraction of sp³-hybridized carbons (Fsp3) is 0.0833. The molecule has 0 atom stereocenters. The number of nitrogens with one attached hydrogen (secondary N) is 1. The molecule has 0 aliphatic heterocycles. The normalized spacial score (nSPS) is 10.1. The SMILES string of the molecule is Cc1ccc(C(=O)Nc2ccsc2)cc1F. The summed E-state index contributed by atoms with van der Waals surface area (Å²) in [6.07, 6.45) is 0. The lowest BCUT2D eigenvalue weighted by Gasteiger charge is -2.03. The molecule has 16 heavy (non-hydrogen) atoms. The Balaban J connectivity index is 2.18. The summed E-state index contributed by atoms with van der Waals surface area (Å²) in [7, 11) is 0. The van der Waals surface area contributed by atoms with Crippen LogP contribution in [0.5, 0.6) is 0 Å². The van der Waals surface area contributed by atoms with E-state index in [2.05, 4.69) is 5.32 Å². The van der Waals surface area contributed by atoms with Crippen molar-refractivity contribution in [1.29, 1.82) is 0 Å². The number of hydrogen-bond acceptors (Lipinski definition) is 2. The average Bonchev–Trinajstić information content (AvgIpc) is 2.74. The molecule has 0 saturated carbocycles. The van der Waals surface area contributed by atoms with Crippen molar-refractivity contribution < 1.29 is 9.18 Å². The van der Waals surface area contributed by atoms with Gasteiger partial charge in [-0.1, -0.05) is 6.07 Å². The minimum absolute atomic E-state index is 0.294. The highest BCUT2D eigenvalue weighted by Crippen LogP contribution is 2.15. The van der Waals surface area contributed by atoms with Gasteiger partial charge in [-0.05, 0) is 36.1 Å². The van der Waals surface area contributed by atoms with Crippen LogP contribution in [0.15, 0.2) is 35.0 Å². The predicted octanol–water partition coefficient (Wildman–Crippen LogP) is 3.45. The standard InChI is InChI=1S/C12H10FNOS/c1-8-2-3-9(6-11(8)13)12(15)14-10-4-5-16-7-10/h2-7H,1H3,(H,14,15). The Morgan fingerprint density at radius 3 is 2.81 bits per heavy atom. The average molecular weight is 235 g/mol. The smallest absolute Gasteiger partial charge is 0.255 e. The highest BCUT2D eigenvalue weighted by atomic mass is 32.1. The first-order valence-electron chi connectivity index (χ1n) is 4.76. The predicted molar refractivity (Wildman–Crippen MR) is 63.4 cm³/mol. The summed E-state index contributed by atoms with van der Waals surface area (Å²) in [5.41, 5.74) is 1.59. The minimum Gasteiger partial charge on any atom is -0.321 e. The Morgan fingerprint density at radius 2 is 2.19 bits per heavy atom. The zero-order valence-electron chi connectivity index (χ0n) is 8.66. The van der Waals surface area contributed by atoms with E-state index < -0.39 is 0 Å². The Kier molecular flexibility index (Phi) is 3.01. The van der Waals surface area contributed by atoms with E-state index >= 15 is 0 Å². The molecule has 0 aliphatic carbocycles. The molecule has 1 heterocycles. The summed E-state index contributed by atoms with van der Waals surface area (Å²) in [4.78, 5) is 11.7. The van der Waals surface area contributed by atoms with Crippen molar-refractivity contribution in [1.82, 2.24) is 0 Å². The third kappa shape index (κ3) is 2.28. The van der Waals surface area contributed by atoms with Gasteiger partial charge in [-0.2, -0.15) is 11.3 Å². The van der Waals surface area contributed by atoms with E-state index in [4.69, 9.17) is 0 Å². The lowest BCUT2D eigenvalue weighted by Crippen LogP contribution is -2.11. The molecule has 4 heteroatoms. The van der Waals surface area contributed by atoms with E-state index in [-0.39, 0.29) is 11.7 Å². The van der Waals surface area contributed by atoms with Gasteiger partial charge in [0.15, 0.2) is 0 Å². The monoisotopic (exact) mass is 235 g/mol. The fourth-order valence-corrected chi connectivity index (χ4v) is 1.86. The van der Waals surface area contributed by atoms with Gasteiger partial charge in [0.25, 0.3) is 5.91 Å². The maximum Gasteiger partial charge on any atom is 0.255 e. The van der Waals surface area contributed by atoms with Gasteiger partial charge in [-0.3, -0.25) is 4.79 Å². The van der Waals surface area contributed by atoms with Gasteiger partial charge in [0.05, 0.1) is 5.69 Å². The van der Waals surface area contributed by atoms with E-state index in [1.54, 1.807) is 25.1 Å². The Morgan fingerprint density at radius 1 is 1.38 bits per heavy atom. The molecule has 0 fully saturated rings. The Labute approximate surface area is 96.7 Å². The zero-order valence-corrected chi connectivity index (χ0v) is 9.48. The van der Waals surface area contributed by atoms with Gasteiger partial charge in [0.1, 0.15) is 5.82 Å². The number of aryl methyl sites for hydroxylation is 1. The number of thiophene rings is 1. The lowest BCUT2D eigenvalue weighted by atomic mass is 10.1. The summed E-state index contributed by atoms with van der Waals surface area (Å²) in [6, 6.07) is 6.25. The molecule has 0 aliphatic rings. The lowest BCUT2D eigenvalue weighted by molar-refractivity contribution is 0.102. The second-order valence-electron chi connectivity index (χ2n) is 3.43. The van der Waals surface area contributed by atoms with Gasteiger partial charge in [-0.25, -0.2) is 4.39 Å². The summed E-state index contributed by atoms with van der Waals surface area (Å²) >= 11 is 1.49. The summed E-state index contributed by atoms with van der Waals surface area (Å²) < 4.78 is 13.2. The van der Waals surface area contributed by atoms with E-state index in [0.29, 0.717) is 11.1 Å². The van der Waals surface area contributed by atoms with Crippen LogP contribution in [0.25, 0.3) is 0 Å². The van der Waals surface area contributed by atoms with Crippen molar-refractivity contribution in [3.63, 3.8) is 0 Å². The maximum atomic E-state index is 13.2. The van der Waals surface area contributed by atoms with Gasteiger partial charge >= 0.3 is 0 Å². The molecule has 0 bridgehead atoms. The topological polar surface area (TPSA) is 29.1 Å². The number of amides is 1. The van der Waals surface area contributed by atoms with Crippen molar-refractivity contribution in [3.05, 3.63) is 52.0 Å². The van der Waals surface area contributed by atoms with Gasteiger partial charge < -0.3 is 5.32 Å². The first kappa shape index (κ1) is 10.8. The van der Waals surface area contributed by atoms with E-state index in [1.165, 1.54) is 17.4 Å². The maximum absolute atomic E-state index is 13.2. The molecule has 2 nitrogen and oxygen atoms in total.